The molecule has 20 heavy (non-hydrogen) atoms. The van der Waals surface area contributed by atoms with E-state index in [4.69, 9.17) is 10.6 Å². The second-order valence-corrected chi connectivity index (χ2v) is 5.64. The largest absolute Gasteiger partial charge is 0.379 e. The third-order valence-electron chi connectivity index (χ3n) is 4.69. The fourth-order valence-corrected chi connectivity index (χ4v) is 3.76. The molecule has 6 heteroatoms. The Hall–Kier alpha value is -1.08. The van der Waals surface area contributed by atoms with E-state index in [9.17, 15) is 0 Å². The smallest absolute Gasteiger partial charge is 0.0831 e. The molecule has 110 valence electrons. The molecule has 1 saturated heterocycles. The molecule has 2 heterocycles. The van der Waals surface area contributed by atoms with E-state index in [0.29, 0.717) is 0 Å². The number of hydrogen-bond acceptors (Lipinski definition) is 6. The van der Waals surface area contributed by atoms with Crippen LogP contribution in [0.15, 0.2) is 18.6 Å². The molecule has 1 aliphatic heterocycles. The standard InChI is InChI=1S/C14H23N5O/c15-18-13(12-11-16-5-6-17-12)14(3-1-2-4-14)19-7-9-20-10-8-19/h5-6,11,13,18H,1-4,7-10,15H2. The van der Waals surface area contributed by atoms with Gasteiger partial charge < -0.3 is 4.74 Å². The maximum Gasteiger partial charge on any atom is 0.0831 e. The Labute approximate surface area is 119 Å². The normalized spacial score (nSPS) is 24.6. The van der Waals surface area contributed by atoms with E-state index in [-0.39, 0.29) is 11.6 Å². The highest BCUT2D eigenvalue weighted by Gasteiger charge is 2.47. The summed E-state index contributed by atoms with van der Waals surface area (Å²) in [4.78, 5) is 11.2. The van der Waals surface area contributed by atoms with E-state index in [2.05, 4.69) is 20.3 Å². The second-order valence-electron chi connectivity index (χ2n) is 5.64. The number of nitrogens with zero attached hydrogens (tertiary/aromatic N) is 3. The van der Waals surface area contributed by atoms with Gasteiger partial charge >= 0.3 is 0 Å². The van der Waals surface area contributed by atoms with Crippen molar-refractivity contribution in [3.05, 3.63) is 24.3 Å². The summed E-state index contributed by atoms with van der Waals surface area (Å²) >= 11 is 0. The molecular weight excluding hydrogens is 254 g/mol. The fraction of sp³-hybridized carbons (Fsp3) is 0.714. The second kappa shape index (κ2) is 6.13. The van der Waals surface area contributed by atoms with Gasteiger partial charge in [0.15, 0.2) is 0 Å². The summed E-state index contributed by atoms with van der Waals surface area (Å²) < 4.78 is 5.50. The third kappa shape index (κ3) is 2.44. The number of hydrogen-bond donors (Lipinski definition) is 2. The van der Waals surface area contributed by atoms with Gasteiger partial charge in [-0.05, 0) is 12.8 Å². The fourth-order valence-electron chi connectivity index (χ4n) is 3.76. The first-order valence-corrected chi connectivity index (χ1v) is 7.42. The molecule has 1 saturated carbocycles. The Bertz CT molecular complexity index is 415. The zero-order valence-corrected chi connectivity index (χ0v) is 11.8. The van der Waals surface area contributed by atoms with Crippen molar-refractivity contribution in [2.45, 2.75) is 37.3 Å². The van der Waals surface area contributed by atoms with Gasteiger partial charge in [0.2, 0.25) is 0 Å². The van der Waals surface area contributed by atoms with Crippen LogP contribution < -0.4 is 11.3 Å². The topological polar surface area (TPSA) is 76.3 Å². The molecule has 1 unspecified atom stereocenters. The van der Waals surface area contributed by atoms with E-state index in [1.54, 1.807) is 12.4 Å². The predicted octanol–water partition coefficient (Wildman–Crippen LogP) is 0.626. The minimum Gasteiger partial charge on any atom is -0.379 e. The van der Waals surface area contributed by atoms with E-state index in [1.165, 1.54) is 12.8 Å². The molecule has 3 rings (SSSR count). The minimum absolute atomic E-state index is 0.0248. The van der Waals surface area contributed by atoms with Crippen LogP contribution in [0.3, 0.4) is 0 Å². The molecule has 2 fully saturated rings. The first-order chi connectivity index (χ1) is 9.87. The van der Waals surface area contributed by atoms with Gasteiger partial charge in [-0.1, -0.05) is 12.8 Å². The summed E-state index contributed by atoms with van der Waals surface area (Å²) in [6.07, 6.45) is 10.1. The van der Waals surface area contributed by atoms with Gasteiger partial charge in [0, 0.05) is 31.0 Å². The average molecular weight is 277 g/mol. The molecule has 0 radical (unpaired) electrons. The molecule has 0 bridgehead atoms. The third-order valence-corrected chi connectivity index (χ3v) is 4.69. The van der Waals surface area contributed by atoms with Crippen LogP contribution in [0.2, 0.25) is 0 Å². The maximum atomic E-state index is 5.90. The number of ether oxygens (including phenoxy) is 1. The Morgan fingerprint density at radius 1 is 1.25 bits per heavy atom. The van der Waals surface area contributed by atoms with E-state index < -0.39 is 0 Å². The van der Waals surface area contributed by atoms with Gasteiger partial charge in [-0.2, -0.15) is 0 Å². The van der Waals surface area contributed by atoms with Crippen LogP contribution in [0.4, 0.5) is 0 Å². The summed E-state index contributed by atoms with van der Waals surface area (Å²) in [6.45, 7) is 3.55. The van der Waals surface area contributed by atoms with Crippen molar-refractivity contribution in [1.29, 1.82) is 0 Å². The van der Waals surface area contributed by atoms with Crippen LogP contribution in [-0.4, -0.2) is 46.7 Å². The quantitative estimate of drug-likeness (QED) is 0.621. The van der Waals surface area contributed by atoms with Crippen molar-refractivity contribution in [3.8, 4) is 0 Å². The molecule has 1 aromatic rings. The average Bonchev–Trinajstić information content (AvgIpc) is 3.01. The first kappa shape index (κ1) is 13.9. The molecule has 0 amide bonds. The molecular formula is C14H23N5O. The number of nitrogens with two attached hydrogens (primary N) is 1. The summed E-state index contributed by atoms with van der Waals surface area (Å²) in [6, 6.07) is 0.0248. The van der Waals surface area contributed by atoms with Crippen molar-refractivity contribution < 1.29 is 4.74 Å². The molecule has 3 N–H and O–H groups in total. The lowest BCUT2D eigenvalue weighted by Gasteiger charge is -2.47. The molecule has 1 aromatic heterocycles. The monoisotopic (exact) mass is 277 g/mol. The number of rotatable bonds is 4. The SMILES string of the molecule is NNC(c1cnccn1)C1(N2CCOCC2)CCCC1. The number of morpholine rings is 1. The zero-order chi connectivity index (χ0) is 13.8. The molecule has 0 spiro atoms. The highest BCUT2D eigenvalue weighted by Crippen LogP contribution is 2.43. The van der Waals surface area contributed by atoms with Gasteiger partial charge in [-0.25, -0.2) is 5.43 Å². The lowest BCUT2D eigenvalue weighted by molar-refractivity contribution is -0.0370. The summed E-state index contributed by atoms with van der Waals surface area (Å²) in [5, 5.41) is 0. The minimum atomic E-state index is 0.0248. The van der Waals surface area contributed by atoms with Crippen molar-refractivity contribution in [2.75, 3.05) is 26.3 Å². The molecule has 1 atom stereocenters. The molecule has 2 aliphatic rings. The summed E-state index contributed by atoms with van der Waals surface area (Å²) in [5.41, 5.74) is 4.00. The van der Waals surface area contributed by atoms with Crippen LogP contribution in [0.25, 0.3) is 0 Å². The highest BCUT2D eigenvalue weighted by molar-refractivity contribution is 5.14. The van der Waals surface area contributed by atoms with Crippen LogP contribution in [-0.2, 0) is 4.74 Å². The lowest BCUT2D eigenvalue weighted by Crippen LogP contribution is -2.59. The van der Waals surface area contributed by atoms with Crippen LogP contribution >= 0.6 is 0 Å². The predicted molar refractivity (Wildman–Crippen MR) is 75.7 cm³/mol. The Kier molecular flexibility index (Phi) is 4.26. The number of nitrogens with one attached hydrogen (secondary N) is 1. The number of hydrazine groups is 1. The van der Waals surface area contributed by atoms with Crippen LogP contribution in [0.5, 0.6) is 0 Å². The van der Waals surface area contributed by atoms with E-state index in [1.807, 2.05) is 6.20 Å². The molecule has 0 aromatic carbocycles. The number of aromatic nitrogens is 2. The van der Waals surface area contributed by atoms with Gasteiger partial charge in [0.25, 0.3) is 0 Å². The highest BCUT2D eigenvalue weighted by atomic mass is 16.5. The van der Waals surface area contributed by atoms with Crippen LogP contribution in [0.1, 0.15) is 37.4 Å². The Morgan fingerprint density at radius 3 is 2.60 bits per heavy atom. The van der Waals surface area contributed by atoms with E-state index >= 15 is 0 Å². The van der Waals surface area contributed by atoms with E-state index in [0.717, 1.165) is 44.8 Å². The van der Waals surface area contributed by atoms with Gasteiger partial charge in [0.1, 0.15) is 0 Å². The van der Waals surface area contributed by atoms with Gasteiger partial charge in [-0.15, -0.1) is 0 Å². The summed E-state index contributed by atoms with van der Waals surface area (Å²) in [5.74, 6) is 5.90. The van der Waals surface area contributed by atoms with Crippen LogP contribution in [0, 0.1) is 0 Å². The van der Waals surface area contributed by atoms with Crippen molar-refractivity contribution in [3.63, 3.8) is 0 Å². The van der Waals surface area contributed by atoms with Crippen molar-refractivity contribution in [2.24, 2.45) is 5.84 Å². The van der Waals surface area contributed by atoms with Gasteiger partial charge in [-0.3, -0.25) is 20.7 Å². The molecule has 6 nitrogen and oxygen atoms in total. The lowest BCUT2D eigenvalue weighted by atomic mass is 9.84. The van der Waals surface area contributed by atoms with Crippen molar-refractivity contribution in [1.82, 2.24) is 20.3 Å². The Morgan fingerprint density at radius 2 is 2.00 bits per heavy atom. The maximum absolute atomic E-state index is 5.90. The Balaban J connectivity index is 1.91. The molecule has 1 aliphatic carbocycles. The van der Waals surface area contributed by atoms with Gasteiger partial charge in [0.05, 0.1) is 31.1 Å². The first-order valence-electron chi connectivity index (χ1n) is 7.42. The summed E-state index contributed by atoms with van der Waals surface area (Å²) in [7, 11) is 0. The van der Waals surface area contributed by atoms with Crippen molar-refractivity contribution >= 4 is 0 Å². The zero-order valence-electron chi connectivity index (χ0n) is 11.8.